The van der Waals surface area contributed by atoms with Gasteiger partial charge in [-0.25, -0.2) is 4.98 Å². The molecule has 4 aromatic rings. The van der Waals surface area contributed by atoms with Crippen molar-refractivity contribution in [1.29, 1.82) is 0 Å². The van der Waals surface area contributed by atoms with E-state index in [1.807, 2.05) is 6.07 Å². The molecule has 132 valence electrons. The molecule has 1 aliphatic heterocycles. The average molecular weight is 409 g/mol. The molecule has 4 heteroatoms. The highest BCUT2D eigenvalue weighted by atomic mass is 79.9. The Morgan fingerprint density at radius 2 is 1.73 bits per heavy atom. The molecule has 0 N–H and O–H groups in total. The lowest BCUT2D eigenvalue weighted by Gasteiger charge is -2.46. The van der Waals surface area contributed by atoms with Crippen LogP contribution in [-0.2, 0) is 10.8 Å². The quantitative estimate of drug-likeness (QED) is 0.362. The Morgan fingerprint density at radius 3 is 2.46 bits per heavy atom. The van der Waals surface area contributed by atoms with Gasteiger partial charge in [0, 0.05) is 21.6 Å². The number of ether oxygens (including phenoxy) is 1. The summed E-state index contributed by atoms with van der Waals surface area (Å²) in [5, 5.41) is 3.61. The summed E-state index contributed by atoms with van der Waals surface area (Å²) in [4.78, 5) is 4.96. The Balaban J connectivity index is 2.17. The van der Waals surface area contributed by atoms with E-state index in [2.05, 4.69) is 78.4 Å². The molecule has 0 aliphatic carbocycles. The molecule has 0 fully saturated rings. The summed E-state index contributed by atoms with van der Waals surface area (Å²) in [6.45, 7) is 9.32. The van der Waals surface area contributed by atoms with Crippen molar-refractivity contribution in [3.8, 4) is 5.75 Å². The van der Waals surface area contributed by atoms with Crippen molar-refractivity contribution in [3.63, 3.8) is 0 Å². The molecule has 0 amide bonds. The standard InChI is InChI=1S/C22H21BrN2O/c1-21(2)16-8-6-7-14-13-10-9-12(26-5)11-15(13)20-24-19(23)18(22(21,3)4)25(20)17(14)16/h6-11H,1-5H3. The number of hydrogen-bond acceptors (Lipinski definition) is 2. The van der Waals surface area contributed by atoms with Gasteiger partial charge in [-0.15, -0.1) is 0 Å². The molecule has 0 saturated carbocycles. The molecular weight excluding hydrogens is 388 g/mol. The molecule has 0 radical (unpaired) electrons. The average Bonchev–Trinajstić information content (AvgIpc) is 2.97. The van der Waals surface area contributed by atoms with Gasteiger partial charge in [-0.2, -0.15) is 0 Å². The molecule has 2 aromatic heterocycles. The highest BCUT2D eigenvalue weighted by Gasteiger charge is 2.47. The lowest BCUT2D eigenvalue weighted by molar-refractivity contribution is 0.287. The summed E-state index contributed by atoms with van der Waals surface area (Å²) in [5.74, 6) is 0.854. The zero-order valence-corrected chi connectivity index (χ0v) is 17.2. The van der Waals surface area contributed by atoms with Crippen molar-refractivity contribution < 1.29 is 4.74 Å². The number of nitrogens with zero attached hydrogens (tertiary/aromatic N) is 2. The lowest BCUT2D eigenvalue weighted by atomic mass is 9.61. The number of aromatic nitrogens is 2. The molecule has 0 unspecified atom stereocenters. The van der Waals surface area contributed by atoms with Crippen molar-refractivity contribution >= 4 is 43.3 Å². The molecule has 0 atom stereocenters. The monoisotopic (exact) mass is 408 g/mol. The van der Waals surface area contributed by atoms with E-state index >= 15 is 0 Å². The Morgan fingerprint density at radius 1 is 0.962 bits per heavy atom. The van der Waals surface area contributed by atoms with Crippen molar-refractivity contribution in [1.82, 2.24) is 9.38 Å². The van der Waals surface area contributed by atoms with Crippen molar-refractivity contribution in [2.45, 2.75) is 38.5 Å². The maximum absolute atomic E-state index is 5.48. The normalized spacial score (nSPS) is 17.5. The van der Waals surface area contributed by atoms with Gasteiger partial charge < -0.3 is 4.74 Å². The summed E-state index contributed by atoms with van der Waals surface area (Å²) in [7, 11) is 1.71. The van der Waals surface area contributed by atoms with E-state index < -0.39 is 0 Å². The lowest BCUT2D eigenvalue weighted by Crippen LogP contribution is -2.44. The van der Waals surface area contributed by atoms with Crippen molar-refractivity contribution in [2.24, 2.45) is 0 Å². The van der Waals surface area contributed by atoms with Gasteiger partial charge in [0.05, 0.1) is 18.3 Å². The van der Waals surface area contributed by atoms with Crippen LogP contribution in [0.15, 0.2) is 41.0 Å². The minimum Gasteiger partial charge on any atom is -0.497 e. The van der Waals surface area contributed by atoms with Gasteiger partial charge in [0.2, 0.25) is 0 Å². The summed E-state index contributed by atoms with van der Waals surface area (Å²) in [6.07, 6.45) is 0. The van der Waals surface area contributed by atoms with Gasteiger partial charge >= 0.3 is 0 Å². The zero-order chi connectivity index (χ0) is 18.4. The van der Waals surface area contributed by atoms with Gasteiger partial charge in [-0.05, 0) is 45.1 Å². The smallest absolute Gasteiger partial charge is 0.146 e. The number of para-hydroxylation sites is 1. The molecule has 2 aromatic carbocycles. The van der Waals surface area contributed by atoms with Crippen LogP contribution in [-0.4, -0.2) is 16.5 Å². The maximum Gasteiger partial charge on any atom is 0.146 e. The zero-order valence-electron chi connectivity index (χ0n) is 15.6. The molecule has 3 nitrogen and oxygen atoms in total. The van der Waals surface area contributed by atoms with Crippen LogP contribution in [0.25, 0.3) is 27.3 Å². The largest absolute Gasteiger partial charge is 0.497 e. The van der Waals surface area contributed by atoms with E-state index in [-0.39, 0.29) is 10.8 Å². The second-order valence-electron chi connectivity index (χ2n) is 8.27. The summed E-state index contributed by atoms with van der Waals surface area (Å²) in [5.41, 5.74) is 4.80. The number of halogens is 1. The van der Waals surface area contributed by atoms with E-state index in [1.54, 1.807) is 7.11 Å². The van der Waals surface area contributed by atoms with Gasteiger partial charge in [-0.1, -0.05) is 45.9 Å². The predicted molar refractivity (Wildman–Crippen MR) is 111 cm³/mol. The van der Waals surface area contributed by atoms with Crippen LogP contribution >= 0.6 is 15.9 Å². The van der Waals surface area contributed by atoms with Gasteiger partial charge in [-0.3, -0.25) is 4.40 Å². The summed E-state index contributed by atoms with van der Waals surface area (Å²) < 4.78 is 8.78. The number of pyridine rings is 1. The first-order chi connectivity index (χ1) is 12.3. The number of imidazole rings is 1. The van der Waals surface area contributed by atoms with Crippen LogP contribution in [0.2, 0.25) is 0 Å². The third-order valence-corrected chi connectivity index (χ3v) is 7.23. The van der Waals surface area contributed by atoms with Crippen LogP contribution < -0.4 is 4.74 Å². The topological polar surface area (TPSA) is 26.5 Å². The number of hydrogen-bond donors (Lipinski definition) is 0. The number of rotatable bonds is 1. The van der Waals surface area contributed by atoms with Crippen LogP contribution in [0.3, 0.4) is 0 Å². The molecular formula is C22H21BrN2O. The Hall–Kier alpha value is -2.07. The minimum absolute atomic E-state index is 0.0157. The maximum atomic E-state index is 5.48. The minimum atomic E-state index is -0.0704. The number of methoxy groups -OCH3 is 1. The van der Waals surface area contributed by atoms with Crippen LogP contribution in [0, 0.1) is 0 Å². The van der Waals surface area contributed by atoms with E-state index in [4.69, 9.17) is 9.72 Å². The Kier molecular flexibility index (Phi) is 2.98. The molecule has 0 saturated heterocycles. The second-order valence-corrected chi connectivity index (χ2v) is 9.02. The van der Waals surface area contributed by atoms with E-state index in [9.17, 15) is 0 Å². The van der Waals surface area contributed by atoms with Crippen LogP contribution in [0.4, 0.5) is 0 Å². The van der Waals surface area contributed by atoms with E-state index in [1.165, 1.54) is 27.5 Å². The van der Waals surface area contributed by atoms with Crippen molar-refractivity contribution in [3.05, 3.63) is 52.3 Å². The fourth-order valence-corrected chi connectivity index (χ4v) is 5.38. The van der Waals surface area contributed by atoms with Crippen molar-refractivity contribution in [2.75, 3.05) is 7.11 Å². The SMILES string of the molecule is COc1ccc2c(c1)c1nc(Br)c3n1c1c(cccc21)C(C)(C)C3(C)C. The second kappa shape index (κ2) is 4.80. The summed E-state index contributed by atoms with van der Waals surface area (Å²) in [6, 6.07) is 13.0. The third kappa shape index (κ3) is 1.67. The molecule has 1 aliphatic rings. The molecule has 5 rings (SSSR count). The van der Waals surface area contributed by atoms with Gasteiger partial charge in [0.25, 0.3) is 0 Å². The highest BCUT2D eigenvalue weighted by Crippen LogP contribution is 2.53. The van der Waals surface area contributed by atoms with E-state index in [0.29, 0.717) is 0 Å². The van der Waals surface area contributed by atoms with E-state index in [0.717, 1.165) is 21.4 Å². The first kappa shape index (κ1) is 16.1. The Bertz CT molecular complexity index is 1230. The number of fused-ring (bicyclic) bond motifs is 3. The fourth-order valence-electron chi connectivity index (χ4n) is 4.54. The van der Waals surface area contributed by atoms with Crippen LogP contribution in [0.1, 0.15) is 39.0 Å². The summed E-state index contributed by atoms with van der Waals surface area (Å²) >= 11 is 3.77. The molecule has 26 heavy (non-hydrogen) atoms. The third-order valence-electron chi connectivity index (χ3n) is 6.68. The predicted octanol–water partition coefficient (Wildman–Crippen LogP) is 5.98. The fraction of sp³-hybridized carbons (Fsp3) is 0.318. The first-order valence-corrected chi connectivity index (χ1v) is 9.69. The highest BCUT2D eigenvalue weighted by molar-refractivity contribution is 9.10. The molecule has 0 spiro atoms. The Labute approximate surface area is 161 Å². The van der Waals surface area contributed by atoms with Crippen LogP contribution in [0.5, 0.6) is 5.75 Å². The first-order valence-electron chi connectivity index (χ1n) is 8.90. The van der Waals surface area contributed by atoms with Gasteiger partial charge in [0.15, 0.2) is 0 Å². The van der Waals surface area contributed by atoms with Gasteiger partial charge in [0.1, 0.15) is 16.0 Å². The molecule has 3 heterocycles. The molecule has 0 bridgehead atoms. The number of benzene rings is 2.